The van der Waals surface area contributed by atoms with Crippen LogP contribution in [0.3, 0.4) is 0 Å². The number of benzene rings is 1. The fraction of sp³-hybridized carbons (Fsp3) is 0.438. The van der Waals surface area contributed by atoms with Gasteiger partial charge in [-0.3, -0.25) is 4.79 Å². The van der Waals surface area contributed by atoms with Gasteiger partial charge in [-0.05, 0) is 45.0 Å². The van der Waals surface area contributed by atoms with Crippen LogP contribution >= 0.6 is 0 Å². The van der Waals surface area contributed by atoms with E-state index in [1.165, 1.54) is 12.1 Å². The van der Waals surface area contributed by atoms with Gasteiger partial charge in [-0.2, -0.15) is 0 Å². The van der Waals surface area contributed by atoms with Crippen molar-refractivity contribution in [1.82, 2.24) is 10.2 Å². The molecule has 1 aromatic carbocycles. The fourth-order valence-corrected chi connectivity index (χ4v) is 2.94. The highest BCUT2D eigenvalue weighted by atomic mass is 19.1. The van der Waals surface area contributed by atoms with E-state index in [2.05, 4.69) is 5.32 Å². The Labute approximate surface area is 122 Å². The summed E-state index contributed by atoms with van der Waals surface area (Å²) in [5.41, 5.74) is 1.26. The van der Waals surface area contributed by atoms with Gasteiger partial charge in [0.05, 0.1) is 0 Å². The van der Waals surface area contributed by atoms with Gasteiger partial charge in [0.25, 0.3) is 5.91 Å². The summed E-state index contributed by atoms with van der Waals surface area (Å²) in [6.45, 7) is 3.22. The summed E-state index contributed by atoms with van der Waals surface area (Å²) < 4.78 is 19.0. The van der Waals surface area contributed by atoms with Crippen LogP contribution in [-0.4, -0.2) is 37.0 Å². The zero-order chi connectivity index (χ0) is 15.0. The van der Waals surface area contributed by atoms with E-state index < -0.39 is 0 Å². The van der Waals surface area contributed by atoms with E-state index in [9.17, 15) is 9.18 Å². The lowest BCUT2D eigenvalue weighted by molar-refractivity contribution is 0.0667. The molecule has 0 spiro atoms. The summed E-state index contributed by atoms with van der Waals surface area (Å²) in [5.74, 6) is -0.102. The highest BCUT2D eigenvalue weighted by Crippen LogP contribution is 2.27. The maximum absolute atomic E-state index is 13.3. The predicted octanol–water partition coefficient (Wildman–Crippen LogP) is 2.70. The number of hydrogen-bond donors (Lipinski definition) is 1. The second-order valence-electron chi connectivity index (χ2n) is 5.58. The van der Waals surface area contributed by atoms with Crippen molar-refractivity contribution in [3.63, 3.8) is 0 Å². The summed E-state index contributed by atoms with van der Waals surface area (Å²) >= 11 is 0. The van der Waals surface area contributed by atoms with Gasteiger partial charge in [0, 0.05) is 30.1 Å². The minimum absolute atomic E-state index is 0.107. The number of hydrogen-bond acceptors (Lipinski definition) is 3. The number of likely N-dealkylation sites (tertiary alicyclic amines) is 1. The van der Waals surface area contributed by atoms with Crippen LogP contribution in [0.15, 0.2) is 22.6 Å². The molecule has 1 aliphatic rings. The Morgan fingerprint density at radius 1 is 1.48 bits per heavy atom. The van der Waals surface area contributed by atoms with Gasteiger partial charge in [-0.15, -0.1) is 0 Å². The molecule has 2 heterocycles. The summed E-state index contributed by atoms with van der Waals surface area (Å²) in [5, 5.41) is 3.88. The number of likely N-dealkylation sites (N-methyl/N-ethyl adjacent to an activating group) is 1. The average Bonchev–Trinajstić information content (AvgIpc) is 2.83. The van der Waals surface area contributed by atoms with Crippen molar-refractivity contribution in [2.45, 2.75) is 25.8 Å². The topological polar surface area (TPSA) is 45.5 Å². The number of fused-ring (bicyclic) bond motifs is 1. The van der Waals surface area contributed by atoms with E-state index in [0.717, 1.165) is 19.4 Å². The Kier molecular flexibility index (Phi) is 3.68. The van der Waals surface area contributed by atoms with Crippen LogP contribution in [0.1, 0.15) is 29.0 Å². The minimum Gasteiger partial charge on any atom is -0.451 e. The zero-order valence-electron chi connectivity index (χ0n) is 12.3. The largest absolute Gasteiger partial charge is 0.451 e. The number of carbonyl (C=O) groups is 1. The van der Waals surface area contributed by atoms with E-state index in [0.29, 0.717) is 34.9 Å². The van der Waals surface area contributed by atoms with Crippen LogP contribution in [0.4, 0.5) is 4.39 Å². The van der Waals surface area contributed by atoms with Gasteiger partial charge in [-0.1, -0.05) is 0 Å². The molecule has 1 unspecified atom stereocenters. The molecule has 3 rings (SSSR count). The van der Waals surface area contributed by atoms with Crippen LogP contribution in [0.25, 0.3) is 11.0 Å². The number of amides is 1. The minimum atomic E-state index is -0.321. The van der Waals surface area contributed by atoms with E-state index in [4.69, 9.17) is 4.42 Å². The number of carbonyl (C=O) groups excluding carboxylic acids is 1. The molecule has 5 heteroatoms. The predicted molar refractivity (Wildman–Crippen MR) is 78.9 cm³/mol. The molecule has 1 fully saturated rings. The Hall–Kier alpha value is -1.88. The molecule has 1 amide bonds. The third kappa shape index (κ3) is 2.53. The molecule has 1 N–H and O–H groups in total. The maximum atomic E-state index is 13.3. The first kappa shape index (κ1) is 14.1. The van der Waals surface area contributed by atoms with Crippen molar-refractivity contribution in [3.8, 4) is 0 Å². The Morgan fingerprint density at radius 2 is 2.29 bits per heavy atom. The third-order valence-corrected chi connectivity index (χ3v) is 4.21. The van der Waals surface area contributed by atoms with Crippen molar-refractivity contribution >= 4 is 16.9 Å². The number of rotatable bonds is 2. The van der Waals surface area contributed by atoms with E-state index >= 15 is 0 Å². The molecular formula is C16H19FN2O2. The van der Waals surface area contributed by atoms with Crippen LogP contribution in [0.5, 0.6) is 0 Å². The molecule has 1 saturated heterocycles. The smallest absolute Gasteiger partial charge is 0.289 e. The Morgan fingerprint density at radius 3 is 3.05 bits per heavy atom. The lowest BCUT2D eigenvalue weighted by Crippen LogP contribution is -2.47. The molecule has 4 nitrogen and oxygen atoms in total. The standard InChI is InChI=1S/C16H19FN2O2/c1-10-13-8-11(17)5-6-14(13)21-15(10)16(20)19-7-3-4-12(9-19)18-2/h5-6,8,12,18H,3-4,7,9H2,1-2H3. The number of halogens is 1. The second-order valence-corrected chi connectivity index (χ2v) is 5.58. The quantitative estimate of drug-likeness (QED) is 0.925. The molecule has 1 aliphatic heterocycles. The van der Waals surface area contributed by atoms with Crippen molar-refractivity contribution in [1.29, 1.82) is 0 Å². The highest BCUT2D eigenvalue weighted by Gasteiger charge is 2.27. The van der Waals surface area contributed by atoms with Crippen molar-refractivity contribution in [2.75, 3.05) is 20.1 Å². The first-order valence-corrected chi connectivity index (χ1v) is 7.25. The van der Waals surface area contributed by atoms with Gasteiger partial charge >= 0.3 is 0 Å². The van der Waals surface area contributed by atoms with E-state index in [-0.39, 0.29) is 11.7 Å². The number of aryl methyl sites for hydroxylation is 1. The van der Waals surface area contributed by atoms with Gasteiger partial charge in [-0.25, -0.2) is 4.39 Å². The van der Waals surface area contributed by atoms with Gasteiger partial charge < -0.3 is 14.6 Å². The van der Waals surface area contributed by atoms with Crippen LogP contribution in [0, 0.1) is 12.7 Å². The number of furan rings is 1. The summed E-state index contributed by atoms with van der Waals surface area (Å²) in [6, 6.07) is 4.65. The van der Waals surface area contributed by atoms with Gasteiger partial charge in [0.1, 0.15) is 11.4 Å². The maximum Gasteiger partial charge on any atom is 0.289 e. The normalized spacial score (nSPS) is 19.2. The van der Waals surface area contributed by atoms with Gasteiger partial charge in [0.15, 0.2) is 5.76 Å². The number of piperidine rings is 1. The molecule has 0 saturated carbocycles. The van der Waals surface area contributed by atoms with Crippen LogP contribution < -0.4 is 5.32 Å². The number of nitrogens with zero attached hydrogens (tertiary/aromatic N) is 1. The Balaban J connectivity index is 1.92. The molecule has 0 radical (unpaired) electrons. The monoisotopic (exact) mass is 290 g/mol. The third-order valence-electron chi connectivity index (χ3n) is 4.21. The average molecular weight is 290 g/mol. The summed E-state index contributed by atoms with van der Waals surface area (Å²) in [7, 11) is 1.91. The zero-order valence-corrected chi connectivity index (χ0v) is 12.3. The lowest BCUT2D eigenvalue weighted by atomic mass is 10.0. The molecule has 0 aliphatic carbocycles. The van der Waals surface area contributed by atoms with Gasteiger partial charge in [0.2, 0.25) is 0 Å². The Bertz CT molecular complexity index is 680. The molecule has 21 heavy (non-hydrogen) atoms. The van der Waals surface area contributed by atoms with Crippen LogP contribution in [-0.2, 0) is 0 Å². The molecule has 2 aromatic rings. The SMILES string of the molecule is CNC1CCCN(C(=O)c2oc3ccc(F)cc3c2C)C1. The van der Waals surface area contributed by atoms with E-state index in [1.807, 2.05) is 11.9 Å². The molecule has 112 valence electrons. The molecule has 0 bridgehead atoms. The highest BCUT2D eigenvalue weighted by molar-refractivity contribution is 5.99. The first-order valence-electron chi connectivity index (χ1n) is 7.25. The first-order chi connectivity index (χ1) is 10.1. The second kappa shape index (κ2) is 5.48. The molecule has 1 atom stereocenters. The summed E-state index contributed by atoms with van der Waals surface area (Å²) in [6.07, 6.45) is 2.05. The van der Waals surface area contributed by atoms with Crippen molar-refractivity contribution in [2.24, 2.45) is 0 Å². The van der Waals surface area contributed by atoms with Crippen LogP contribution in [0.2, 0.25) is 0 Å². The molecular weight excluding hydrogens is 271 g/mol. The molecule has 1 aromatic heterocycles. The number of nitrogens with one attached hydrogen (secondary N) is 1. The summed E-state index contributed by atoms with van der Waals surface area (Å²) in [4.78, 5) is 14.5. The lowest BCUT2D eigenvalue weighted by Gasteiger charge is -2.32. The van der Waals surface area contributed by atoms with Crippen molar-refractivity contribution in [3.05, 3.63) is 35.3 Å². The van der Waals surface area contributed by atoms with Crippen molar-refractivity contribution < 1.29 is 13.6 Å². The van der Waals surface area contributed by atoms with E-state index in [1.54, 1.807) is 13.0 Å². The fourth-order valence-electron chi connectivity index (χ4n) is 2.94.